The summed E-state index contributed by atoms with van der Waals surface area (Å²) in [6.07, 6.45) is 1.56. The molecule has 0 spiro atoms. The van der Waals surface area contributed by atoms with Gasteiger partial charge in [-0.05, 0) is 48.6 Å². The van der Waals surface area contributed by atoms with Gasteiger partial charge in [0, 0.05) is 29.1 Å². The van der Waals surface area contributed by atoms with Crippen LogP contribution in [-0.4, -0.2) is 34.8 Å². The van der Waals surface area contributed by atoms with Crippen molar-refractivity contribution in [3.05, 3.63) is 57.7 Å². The summed E-state index contributed by atoms with van der Waals surface area (Å²) in [5.74, 6) is -0.386. The lowest BCUT2D eigenvalue weighted by Crippen LogP contribution is -2.43. The van der Waals surface area contributed by atoms with Gasteiger partial charge in [0.2, 0.25) is 5.91 Å². The van der Waals surface area contributed by atoms with Gasteiger partial charge in [0.1, 0.15) is 0 Å². The predicted octanol–water partition coefficient (Wildman–Crippen LogP) is 5.02. The van der Waals surface area contributed by atoms with E-state index in [1.165, 1.54) is 11.3 Å². The summed E-state index contributed by atoms with van der Waals surface area (Å²) < 4.78 is 0. The van der Waals surface area contributed by atoms with Crippen molar-refractivity contribution in [1.82, 2.24) is 9.88 Å². The molecule has 1 N–H and O–H groups in total. The number of hydrogen-bond acceptors (Lipinski definition) is 5. The molecule has 4 rings (SSSR count). The molecule has 0 bridgehead atoms. The molecule has 1 fully saturated rings. The van der Waals surface area contributed by atoms with Crippen LogP contribution in [0.4, 0.5) is 5.13 Å². The van der Waals surface area contributed by atoms with Crippen molar-refractivity contribution in [1.29, 1.82) is 0 Å². The van der Waals surface area contributed by atoms with Crippen molar-refractivity contribution in [2.75, 3.05) is 18.4 Å². The van der Waals surface area contributed by atoms with Gasteiger partial charge in [0.15, 0.2) is 5.13 Å². The Kier molecular flexibility index (Phi) is 5.75. The number of nitrogens with one attached hydrogen (secondary N) is 1. The number of aromatic nitrogens is 1. The molecule has 144 valence electrons. The Balaban J connectivity index is 1.39. The van der Waals surface area contributed by atoms with Crippen LogP contribution in [0.3, 0.4) is 0 Å². The zero-order valence-electron chi connectivity index (χ0n) is 14.9. The molecule has 1 atom stereocenters. The number of hydrogen-bond donors (Lipinski definition) is 1. The van der Waals surface area contributed by atoms with E-state index in [-0.39, 0.29) is 17.7 Å². The number of rotatable bonds is 4. The first-order valence-electron chi connectivity index (χ1n) is 8.95. The number of piperidine rings is 1. The molecular weight excluding hydrogens is 414 g/mol. The molecule has 1 saturated heterocycles. The third kappa shape index (κ3) is 4.27. The smallest absolute Gasteiger partial charge is 0.253 e. The molecule has 8 heteroatoms. The standard InChI is InChI=1S/C20H18ClN3O2S2/c21-15-7-5-13(6-8-15)19(26)24-9-1-3-14(11-24)18(25)23-20-22-16(12-28-20)17-4-2-10-27-17/h2,4-8,10,12,14H,1,3,9,11H2,(H,22,23,25)/t14-/m0/s1. The monoisotopic (exact) mass is 431 g/mol. The molecule has 1 aliphatic heterocycles. The minimum atomic E-state index is -0.237. The summed E-state index contributed by atoms with van der Waals surface area (Å²) >= 11 is 8.93. The molecular formula is C20H18ClN3O2S2. The highest BCUT2D eigenvalue weighted by Gasteiger charge is 2.29. The zero-order valence-corrected chi connectivity index (χ0v) is 17.3. The molecule has 5 nitrogen and oxygen atoms in total. The van der Waals surface area contributed by atoms with Crippen LogP contribution in [0, 0.1) is 5.92 Å². The van der Waals surface area contributed by atoms with Crippen molar-refractivity contribution in [2.24, 2.45) is 5.92 Å². The summed E-state index contributed by atoms with van der Waals surface area (Å²) in [5.41, 5.74) is 1.46. The van der Waals surface area contributed by atoms with E-state index in [1.807, 2.05) is 22.9 Å². The van der Waals surface area contributed by atoms with Crippen LogP contribution in [0.25, 0.3) is 10.6 Å². The van der Waals surface area contributed by atoms with Crippen LogP contribution >= 0.6 is 34.3 Å². The Morgan fingerprint density at radius 2 is 2.00 bits per heavy atom. The summed E-state index contributed by atoms with van der Waals surface area (Å²) in [6.45, 7) is 1.07. The van der Waals surface area contributed by atoms with Crippen LogP contribution in [0.5, 0.6) is 0 Å². The molecule has 1 aromatic carbocycles. The molecule has 3 aromatic rings. The lowest BCUT2D eigenvalue weighted by Gasteiger charge is -2.32. The summed E-state index contributed by atoms with van der Waals surface area (Å²) in [7, 11) is 0. The second kappa shape index (κ2) is 8.43. The van der Waals surface area contributed by atoms with Gasteiger partial charge in [-0.25, -0.2) is 4.98 Å². The largest absolute Gasteiger partial charge is 0.338 e. The Labute approximate surface area is 176 Å². The number of carbonyl (C=O) groups excluding carboxylic acids is 2. The molecule has 2 amide bonds. The maximum absolute atomic E-state index is 12.7. The zero-order chi connectivity index (χ0) is 19.5. The van der Waals surface area contributed by atoms with Gasteiger partial charge in [-0.1, -0.05) is 17.7 Å². The van der Waals surface area contributed by atoms with Gasteiger partial charge in [0.05, 0.1) is 16.5 Å². The Hall–Kier alpha value is -2.22. The Bertz CT molecular complexity index is 970. The first-order chi connectivity index (χ1) is 13.6. The van der Waals surface area contributed by atoms with E-state index >= 15 is 0 Å². The fourth-order valence-electron chi connectivity index (χ4n) is 3.23. The van der Waals surface area contributed by atoms with Crippen molar-refractivity contribution >= 4 is 51.2 Å². The number of carbonyl (C=O) groups is 2. The number of halogens is 1. The highest BCUT2D eigenvalue weighted by atomic mass is 35.5. The van der Waals surface area contributed by atoms with Crippen molar-refractivity contribution in [3.63, 3.8) is 0 Å². The van der Waals surface area contributed by atoms with E-state index in [0.717, 1.165) is 23.4 Å². The third-order valence-corrected chi connectivity index (χ3v) is 6.58. The van der Waals surface area contributed by atoms with E-state index in [9.17, 15) is 9.59 Å². The first-order valence-corrected chi connectivity index (χ1v) is 11.1. The van der Waals surface area contributed by atoms with Crippen LogP contribution in [0.15, 0.2) is 47.2 Å². The van der Waals surface area contributed by atoms with E-state index in [1.54, 1.807) is 40.5 Å². The van der Waals surface area contributed by atoms with E-state index < -0.39 is 0 Å². The van der Waals surface area contributed by atoms with Crippen LogP contribution in [0.2, 0.25) is 5.02 Å². The minimum Gasteiger partial charge on any atom is -0.338 e. The first kappa shape index (κ1) is 19.1. The highest BCUT2D eigenvalue weighted by Crippen LogP contribution is 2.29. The van der Waals surface area contributed by atoms with Crippen LogP contribution in [0.1, 0.15) is 23.2 Å². The SMILES string of the molecule is O=C(Nc1nc(-c2cccs2)cs1)[C@H]1CCCN(C(=O)c2ccc(Cl)cc2)C1. The minimum absolute atomic E-state index is 0.0663. The fourth-order valence-corrected chi connectivity index (χ4v) is 4.83. The van der Waals surface area contributed by atoms with Crippen molar-refractivity contribution in [2.45, 2.75) is 12.8 Å². The van der Waals surface area contributed by atoms with Gasteiger partial charge in [-0.2, -0.15) is 0 Å². The van der Waals surface area contributed by atoms with Gasteiger partial charge in [0.25, 0.3) is 5.91 Å². The normalized spacial score (nSPS) is 16.8. The molecule has 0 saturated carbocycles. The summed E-state index contributed by atoms with van der Waals surface area (Å²) in [4.78, 5) is 32.8. The number of thiophene rings is 1. The average molecular weight is 432 g/mol. The number of anilines is 1. The van der Waals surface area contributed by atoms with Gasteiger partial charge in [-0.3, -0.25) is 9.59 Å². The number of nitrogens with zero attached hydrogens (tertiary/aromatic N) is 2. The van der Waals surface area contributed by atoms with Crippen LogP contribution in [-0.2, 0) is 4.79 Å². The summed E-state index contributed by atoms with van der Waals surface area (Å²) in [5, 5.41) is 8.05. The molecule has 28 heavy (non-hydrogen) atoms. The van der Waals surface area contributed by atoms with Gasteiger partial charge >= 0.3 is 0 Å². The number of amides is 2. The predicted molar refractivity (Wildman–Crippen MR) is 114 cm³/mol. The molecule has 3 heterocycles. The lowest BCUT2D eigenvalue weighted by atomic mass is 9.96. The lowest BCUT2D eigenvalue weighted by molar-refractivity contribution is -0.121. The number of likely N-dealkylation sites (tertiary alicyclic amines) is 1. The summed E-state index contributed by atoms with van der Waals surface area (Å²) in [6, 6.07) is 10.8. The molecule has 0 aliphatic carbocycles. The van der Waals surface area contributed by atoms with Crippen LogP contribution < -0.4 is 5.32 Å². The van der Waals surface area contributed by atoms with Crippen molar-refractivity contribution < 1.29 is 9.59 Å². The van der Waals surface area contributed by atoms with Gasteiger partial charge in [-0.15, -0.1) is 22.7 Å². The van der Waals surface area contributed by atoms with E-state index in [2.05, 4.69) is 10.3 Å². The molecule has 1 aliphatic rings. The topological polar surface area (TPSA) is 62.3 Å². The Morgan fingerprint density at radius 1 is 1.18 bits per heavy atom. The maximum atomic E-state index is 12.7. The number of thiazole rings is 1. The second-order valence-corrected chi connectivity index (χ2v) is 8.84. The third-order valence-electron chi connectivity index (χ3n) is 4.68. The average Bonchev–Trinajstić information content (AvgIpc) is 3.40. The fraction of sp³-hybridized carbons (Fsp3) is 0.250. The van der Waals surface area contributed by atoms with E-state index in [4.69, 9.17) is 11.6 Å². The number of benzene rings is 1. The van der Waals surface area contributed by atoms with Gasteiger partial charge < -0.3 is 10.2 Å². The highest BCUT2D eigenvalue weighted by molar-refractivity contribution is 7.16. The van der Waals surface area contributed by atoms with E-state index in [0.29, 0.717) is 28.8 Å². The quantitative estimate of drug-likeness (QED) is 0.631. The second-order valence-electron chi connectivity index (χ2n) is 6.60. The molecule has 0 unspecified atom stereocenters. The molecule has 2 aromatic heterocycles. The molecule has 0 radical (unpaired) electrons. The Morgan fingerprint density at radius 3 is 2.75 bits per heavy atom. The van der Waals surface area contributed by atoms with Crippen molar-refractivity contribution in [3.8, 4) is 10.6 Å². The maximum Gasteiger partial charge on any atom is 0.253 e.